The number of fused-ring (bicyclic) bond motifs is 1. The first-order chi connectivity index (χ1) is 19.0. The summed E-state index contributed by atoms with van der Waals surface area (Å²) in [4.78, 5) is 58.1. The summed E-state index contributed by atoms with van der Waals surface area (Å²) < 4.78 is 39.2. The fourth-order valence-corrected chi connectivity index (χ4v) is 5.92. The minimum Gasteiger partial charge on any atom is -0.477 e. The maximum Gasteiger partial charge on any atom is 0.425 e. The van der Waals surface area contributed by atoms with Gasteiger partial charge < -0.3 is 20.6 Å². The molecule has 1 unspecified atom stereocenters. The quantitative estimate of drug-likeness (QED) is 0.103. The van der Waals surface area contributed by atoms with Crippen LogP contribution in [-0.4, -0.2) is 101 Å². The van der Waals surface area contributed by atoms with E-state index in [4.69, 9.17) is 0 Å². The van der Waals surface area contributed by atoms with E-state index in [-0.39, 0.29) is 28.7 Å². The van der Waals surface area contributed by atoms with Crippen molar-refractivity contribution >= 4 is 59.2 Å². The molecule has 3 amide bonds. The number of carboxylic acids is 1. The number of oxime groups is 1. The molecule has 2 aliphatic rings. The van der Waals surface area contributed by atoms with Gasteiger partial charge in [-0.1, -0.05) is 23.0 Å². The van der Waals surface area contributed by atoms with Crippen LogP contribution in [-0.2, 0) is 31.1 Å². The molecule has 212 valence electrons. The fraction of sp³-hybridized carbons (Fsp3) is 0.350. The van der Waals surface area contributed by atoms with Crippen LogP contribution in [0, 0.1) is 0 Å². The van der Waals surface area contributed by atoms with Gasteiger partial charge in [0.2, 0.25) is 18.2 Å². The maximum atomic E-state index is 13.1. The van der Waals surface area contributed by atoms with Crippen molar-refractivity contribution in [3.8, 4) is 0 Å². The van der Waals surface area contributed by atoms with Crippen LogP contribution >= 0.6 is 23.5 Å². The van der Waals surface area contributed by atoms with Crippen molar-refractivity contribution in [2.75, 3.05) is 23.4 Å². The molecule has 2 aromatic heterocycles. The van der Waals surface area contributed by atoms with Gasteiger partial charge in [0, 0.05) is 18.6 Å². The van der Waals surface area contributed by atoms with Crippen molar-refractivity contribution in [2.24, 2.45) is 12.2 Å². The molecule has 0 aliphatic carbocycles. The lowest BCUT2D eigenvalue weighted by Crippen LogP contribution is -2.71. The van der Waals surface area contributed by atoms with Crippen molar-refractivity contribution in [1.82, 2.24) is 35.4 Å². The Hall–Kier alpha value is -4.20. The number of nitrogens with zero attached hydrogens (tertiary/aromatic N) is 7. The Morgan fingerprint density at radius 2 is 2.15 bits per heavy atom. The number of hydrogen-bond donors (Lipinski definition) is 3. The second-order valence-corrected chi connectivity index (χ2v) is 10.0. The van der Waals surface area contributed by atoms with Gasteiger partial charge in [0.25, 0.3) is 11.8 Å². The van der Waals surface area contributed by atoms with E-state index < -0.39 is 47.7 Å². The number of β-lactam (4-membered cyclic amide) rings is 1. The van der Waals surface area contributed by atoms with Crippen molar-refractivity contribution < 1.29 is 42.3 Å². The van der Waals surface area contributed by atoms with Gasteiger partial charge in [0.05, 0.1) is 0 Å². The molecule has 15 nitrogen and oxygen atoms in total. The van der Waals surface area contributed by atoms with Crippen LogP contribution < -0.4 is 10.6 Å². The number of carbonyl (C=O) groups is 4. The Bertz CT molecular complexity index is 1400. The van der Waals surface area contributed by atoms with E-state index in [1.165, 1.54) is 46.4 Å². The number of alkyl halides is 3. The molecular weight excluding hydrogens is 583 g/mol. The third kappa shape index (κ3) is 6.33. The monoisotopic (exact) mass is 601 g/mol. The summed E-state index contributed by atoms with van der Waals surface area (Å²) in [6.07, 6.45) is -4.45. The van der Waals surface area contributed by atoms with Gasteiger partial charge in [-0.3, -0.25) is 19.3 Å². The van der Waals surface area contributed by atoms with Crippen molar-refractivity contribution in [1.29, 1.82) is 0 Å². The molecule has 0 bridgehead atoms. The van der Waals surface area contributed by atoms with E-state index in [1.54, 1.807) is 7.05 Å². The highest BCUT2D eigenvalue weighted by Crippen LogP contribution is 2.41. The first kappa shape index (κ1) is 28.8. The second kappa shape index (κ2) is 11.9. The van der Waals surface area contributed by atoms with Crippen molar-refractivity contribution in [2.45, 2.75) is 22.7 Å². The zero-order valence-electron chi connectivity index (χ0n) is 20.2. The number of hydrogen-bond acceptors (Lipinski definition) is 12. The van der Waals surface area contributed by atoms with Crippen LogP contribution in [0.5, 0.6) is 0 Å². The highest BCUT2D eigenvalue weighted by atomic mass is 32.2. The molecule has 0 saturated carbocycles. The summed E-state index contributed by atoms with van der Waals surface area (Å²) >= 11 is 2.37. The maximum absolute atomic E-state index is 13.1. The molecule has 0 aromatic carbocycles. The average molecular weight is 602 g/mol. The fourth-order valence-electron chi connectivity index (χ4n) is 3.58. The predicted octanol–water partition coefficient (Wildman–Crippen LogP) is -0.0127. The van der Waals surface area contributed by atoms with E-state index >= 15 is 0 Å². The number of thioether (sulfide) groups is 2. The number of carboxylic acid groups (broad SMARTS) is 1. The molecule has 2 aliphatic heterocycles. The largest absolute Gasteiger partial charge is 0.477 e. The van der Waals surface area contributed by atoms with E-state index in [9.17, 15) is 37.5 Å². The number of aryl methyl sites for hydroxylation is 1. The molecule has 4 rings (SSSR count). The predicted molar refractivity (Wildman–Crippen MR) is 132 cm³/mol. The first-order valence-electron chi connectivity index (χ1n) is 11.0. The van der Waals surface area contributed by atoms with Crippen LogP contribution in [0.2, 0.25) is 0 Å². The third-order valence-corrected chi connectivity index (χ3v) is 7.73. The molecule has 20 heteroatoms. The number of nitrogens with one attached hydrogen (secondary N) is 2. The summed E-state index contributed by atoms with van der Waals surface area (Å²) in [5.41, 5.74) is -0.755. The first-order valence-corrected chi connectivity index (χ1v) is 13.0. The van der Waals surface area contributed by atoms with Gasteiger partial charge in [0.15, 0.2) is 5.71 Å². The Labute approximate surface area is 230 Å². The second-order valence-electron chi connectivity index (χ2n) is 7.99. The smallest absolute Gasteiger partial charge is 0.425 e. The van der Waals surface area contributed by atoms with Gasteiger partial charge in [-0.05, 0) is 28.1 Å². The number of anilines is 1. The minimum atomic E-state index is -4.75. The number of aliphatic carboxylic acids is 1. The highest BCUT2D eigenvalue weighted by molar-refractivity contribution is 8.01. The van der Waals surface area contributed by atoms with Crippen LogP contribution in [0.25, 0.3) is 0 Å². The molecule has 0 spiro atoms. The molecule has 1 saturated heterocycles. The zero-order valence-corrected chi connectivity index (χ0v) is 21.8. The van der Waals surface area contributed by atoms with Crippen LogP contribution in [0.1, 0.15) is 5.69 Å². The van der Waals surface area contributed by atoms with Crippen LogP contribution in [0.4, 0.5) is 19.0 Å². The Morgan fingerprint density at radius 1 is 1.38 bits per heavy atom. The molecule has 2 aromatic rings. The van der Waals surface area contributed by atoms with E-state index in [0.29, 0.717) is 17.1 Å². The summed E-state index contributed by atoms with van der Waals surface area (Å²) in [6, 6.07) is 2.73. The zero-order chi connectivity index (χ0) is 29.0. The standard InChI is InChI=1S/C20H18F3N9O6S2/c1-31-19(27-29-30-31)40-6-9-5-39-17-13(16(35)32(17)14(9)18(36)37)26-15(34)12(28-38-7-20(21,22)23)10-3-2-4-11(25-10)24-8-33/h2-4,8,13,17H,5-7H2,1H3,(H,26,34)(H,36,37)(H,24,25,33)/b28-12+/t13?,17-/m1/s1. The van der Waals surface area contributed by atoms with E-state index in [1.807, 2.05) is 0 Å². The molecule has 0 radical (unpaired) electrons. The number of halogens is 3. The lowest BCUT2D eigenvalue weighted by atomic mass is 10.0. The summed E-state index contributed by atoms with van der Waals surface area (Å²) in [6.45, 7) is -1.80. The SMILES string of the molecule is Cn1nnnc1SCC1=C(C(=O)O)N2C(=O)C(NC(=O)/C(=N/OCC(F)(F)F)c3cccc(NC=O)n3)[C@H]2SC1. The van der Waals surface area contributed by atoms with Gasteiger partial charge in [-0.15, -0.1) is 16.9 Å². The molecule has 3 N–H and O–H groups in total. The Morgan fingerprint density at radius 3 is 2.80 bits per heavy atom. The van der Waals surface area contributed by atoms with Gasteiger partial charge >= 0.3 is 12.1 Å². The summed E-state index contributed by atoms with van der Waals surface area (Å²) in [5, 5.41) is 28.4. The number of carbonyl (C=O) groups excluding carboxylic acids is 3. The molecule has 4 heterocycles. The van der Waals surface area contributed by atoms with Crippen molar-refractivity contribution in [3.05, 3.63) is 35.2 Å². The van der Waals surface area contributed by atoms with E-state index in [2.05, 4.69) is 41.1 Å². The number of rotatable bonds is 11. The van der Waals surface area contributed by atoms with Gasteiger partial charge in [-0.25, -0.2) is 14.5 Å². The molecule has 2 atom stereocenters. The third-order valence-electron chi connectivity index (χ3n) is 5.29. The van der Waals surface area contributed by atoms with Crippen LogP contribution in [0.15, 0.2) is 39.8 Å². The van der Waals surface area contributed by atoms with Gasteiger partial charge in [-0.2, -0.15) is 13.2 Å². The number of amides is 3. The lowest BCUT2D eigenvalue weighted by Gasteiger charge is -2.49. The number of pyridine rings is 1. The molecule has 40 heavy (non-hydrogen) atoms. The lowest BCUT2D eigenvalue weighted by molar-refractivity contribution is -0.174. The van der Waals surface area contributed by atoms with Gasteiger partial charge in [0.1, 0.15) is 28.6 Å². The number of aromatic nitrogens is 5. The van der Waals surface area contributed by atoms with E-state index in [0.717, 1.165) is 4.90 Å². The topological polar surface area (TPSA) is 194 Å². The molecular formula is C20H18F3N9O6S2. The highest BCUT2D eigenvalue weighted by Gasteiger charge is 2.54. The minimum absolute atomic E-state index is 0.0312. The normalized spacial score (nSPS) is 19.1. The Balaban J connectivity index is 1.52. The Kier molecular flexibility index (Phi) is 8.57. The van der Waals surface area contributed by atoms with Crippen molar-refractivity contribution in [3.63, 3.8) is 0 Å². The number of tetrazole rings is 1. The van der Waals surface area contributed by atoms with Crippen LogP contribution in [0.3, 0.4) is 0 Å². The summed E-state index contributed by atoms with van der Waals surface area (Å²) in [7, 11) is 1.61. The molecule has 1 fully saturated rings. The average Bonchev–Trinajstić information content (AvgIpc) is 3.31. The summed E-state index contributed by atoms with van der Waals surface area (Å²) in [5.74, 6) is -2.84.